The van der Waals surface area contributed by atoms with E-state index >= 15 is 0 Å². The summed E-state index contributed by atoms with van der Waals surface area (Å²) in [6.45, 7) is 1.83. The van der Waals surface area contributed by atoms with Crippen molar-refractivity contribution in [3.63, 3.8) is 0 Å². The number of hydrogen-bond acceptors (Lipinski definition) is 3. The third kappa shape index (κ3) is 4.27. The maximum absolute atomic E-state index is 12.5. The van der Waals surface area contributed by atoms with Crippen LogP contribution in [0.2, 0.25) is 0 Å². The molecular weight excluding hydrogens is 374 g/mol. The second kappa shape index (κ2) is 7.69. The normalized spacial score (nSPS) is 12.2. The van der Waals surface area contributed by atoms with Gasteiger partial charge in [-0.05, 0) is 42.4 Å². The molecular formula is C15H13BrF2N2OS. The number of rotatable bonds is 5. The van der Waals surface area contributed by atoms with Crippen LogP contribution in [0.3, 0.4) is 0 Å². The molecule has 0 bridgehead atoms. The molecule has 1 atom stereocenters. The Labute approximate surface area is 139 Å². The standard InChI is InChI=1S/C15H13BrF2N2OS/c1-9(10-5-2-3-7-12(10)16)20-13(21)11-6-4-8-19-14(11)22-15(17)18/h2-9,15H,1H3,(H,20,21). The van der Waals surface area contributed by atoms with Crippen molar-refractivity contribution in [1.29, 1.82) is 0 Å². The third-order valence-electron chi connectivity index (χ3n) is 2.94. The summed E-state index contributed by atoms with van der Waals surface area (Å²) < 4.78 is 25.9. The highest BCUT2D eigenvalue weighted by molar-refractivity contribution is 9.10. The Balaban J connectivity index is 2.17. The molecule has 3 nitrogen and oxygen atoms in total. The summed E-state index contributed by atoms with van der Waals surface area (Å²) in [4.78, 5) is 16.2. The van der Waals surface area contributed by atoms with Crippen molar-refractivity contribution in [1.82, 2.24) is 10.3 Å². The lowest BCUT2D eigenvalue weighted by Crippen LogP contribution is -2.27. The predicted octanol–water partition coefficient (Wildman–Crippen LogP) is 4.65. The maximum atomic E-state index is 12.5. The first kappa shape index (κ1) is 16.9. The average Bonchev–Trinajstić information content (AvgIpc) is 2.47. The van der Waals surface area contributed by atoms with Crippen LogP contribution in [-0.2, 0) is 0 Å². The number of nitrogens with zero attached hydrogens (tertiary/aromatic N) is 1. The van der Waals surface area contributed by atoms with Crippen molar-refractivity contribution in [2.75, 3.05) is 0 Å². The molecule has 2 aromatic rings. The number of carbonyl (C=O) groups is 1. The molecule has 116 valence electrons. The van der Waals surface area contributed by atoms with E-state index in [0.29, 0.717) is 0 Å². The Morgan fingerprint density at radius 1 is 1.27 bits per heavy atom. The molecule has 0 fully saturated rings. The van der Waals surface area contributed by atoms with Gasteiger partial charge in [0.1, 0.15) is 5.03 Å². The minimum absolute atomic E-state index is 0.0225. The van der Waals surface area contributed by atoms with Gasteiger partial charge in [-0.25, -0.2) is 4.98 Å². The van der Waals surface area contributed by atoms with Gasteiger partial charge in [0.15, 0.2) is 0 Å². The summed E-state index contributed by atoms with van der Waals surface area (Å²) in [6.07, 6.45) is 1.39. The zero-order chi connectivity index (χ0) is 16.1. The van der Waals surface area contributed by atoms with Gasteiger partial charge in [0, 0.05) is 10.7 Å². The minimum Gasteiger partial charge on any atom is -0.345 e. The molecule has 0 spiro atoms. The van der Waals surface area contributed by atoms with Crippen molar-refractivity contribution in [3.05, 3.63) is 58.2 Å². The number of aromatic nitrogens is 1. The highest BCUT2D eigenvalue weighted by atomic mass is 79.9. The quantitative estimate of drug-likeness (QED) is 0.760. The zero-order valence-electron chi connectivity index (χ0n) is 11.6. The minimum atomic E-state index is -2.62. The molecule has 1 aromatic carbocycles. The number of thioether (sulfide) groups is 1. The number of amides is 1. The number of halogens is 3. The monoisotopic (exact) mass is 386 g/mol. The summed E-state index contributed by atoms with van der Waals surface area (Å²) in [5.41, 5.74) is 1.05. The number of nitrogens with one attached hydrogen (secondary N) is 1. The lowest BCUT2D eigenvalue weighted by atomic mass is 10.1. The van der Waals surface area contributed by atoms with Gasteiger partial charge in [-0.1, -0.05) is 34.1 Å². The summed E-state index contributed by atoms with van der Waals surface area (Å²) in [7, 11) is 0. The molecule has 1 unspecified atom stereocenters. The Morgan fingerprint density at radius 2 is 2.00 bits per heavy atom. The fourth-order valence-corrected chi connectivity index (χ4v) is 3.13. The van der Waals surface area contributed by atoms with Gasteiger partial charge in [-0.2, -0.15) is 8.78 Å². The summed E-state index contributed by atoms with van der Waals surface area (Å²) in [6, 6.07) is 10.3. The highest BCUT2D eigenvalue weighted by Gasteiger charge is 2.19. The highest BCUT2D eigenvalue weighted by Crippen LogP contribution is 2.27. The summed E-state index contributed by atoms with van der Waals surface area (Å²) in [5.74, 6) is -3.05. The van der Waals surface area contributed by atoms with E-state index in [2.05, 4.69) is 26.2 Å². The zero-order valence-corrected chi connectivity index (χ0v) is 14.0. The van der Waals surface area contributed by atoms with E-state index in [1.54, 1.807) is 6.07 Å². The molecule has 0 aliphatic rings. The lowest BCUT2D eigenvalue weighted by Gasteiger charge is -2.16. The largest absolute Gasteiger partial charge is 0.345 e. The Kier molecular flexibility index (Phi) is 5.90. The number of pyridine rings is 1. The van der Waals surface area contributed by atoms with Gasteiger partial charge in [0.25, 0.3) is 11.7 Å². The number of benzene rings is 1. The molecule has 1 amide bonds. The average molecular weight is 387 g/mol. The van der Waals surface area contributed by atoms with E-state index in [4.69, 9.17) is 0 Å². The first-order valence-corrected chi connectivity index (χ1v) is 8.11. The van der Waals surface area contributed by atoms with Crippen molar-refractivity contribution >= 4 is 33.6 Å². The molecule has 22 heavy (non-hydrogen) atoms. The summed E-state index contributed by atoms with van der Waals surface area (Å²) in [5, 5.41) is 2.82. The molecule has 1 N–H and O–H groups in total. The second-order valence-electron chi connectivity index (χ2n) is 4.45. The smallest absolute Gasteiger partial charge is 0.290 e. The molecule has 0 saturated heterocycles. The maximum Gasteiger partial charge on any atom is 0.290 e. The van der Waals surface area contributed by atoms with Gasteiger partial charge in [-0.3, -0.25) is 4.79 Å². The van der Waals surface area contributed by atoms with Gasteiger partial charge >= 0.3 is 0 Å². The number of hydrogen-bond donors (Lipinski definition) is 1. The van der Waals surface area contributed by atoms with Crippen LogP contribution >= 0.6 is 27.7 Å². The molecule has 7 heteroatoms. The van der Waals surface area contributed by atoms with Gasteiger partial charge in [0.2, 0.25) is 0 Å². The fourth-order valence-electron chi connectivity index (χ4n) is 1.92. The fraction of sp³-hybridized carbons (Fsp3) is 0.200. The lowest BCUT2D eigenvalue weighted by molar-refractivity contribution is 0.0936. The van der Waals surface area contributed by atoms with Crippen LogP contribution in [0.15, 0.2) is 52.1 Å². The van der Waals surface area contributed by atoms with Crippen LogP contribution in [-0.4, -0.2) is 16.6 Å². The van der Waals surface area contributed by atoms with E-state index in [0.717, 1.165) is 10.0 Å². The van der Waals surface area contributed by atoms with Crippen LogP contribution in [0.1, 0.15) is 28.9 Å². The topological polar surface area (TPSA) is 42.0 Å². The van der Waals surface area contributed by atoms with Crippen molar-refractivity contribution in [2.45, 2.75) is 23.7 Å². The first-order valence-electron chi connectivity index (χ1n) is 6.44. The van der Waals surface area contributed by atoms with E-state index < -0.39 is 11.7 Å². The molecule has 0 aliphatic carbocycles. The molecule has 2 rings (SSSR count). The van der Waals surface area contributed by atoms with Crippen LogP contribution in [0.4, 0.5) is 8.78 Å². The van der Waals surface area contributed by atoms with Crippen molar-refractivity contribution in [2.24, 2.45) is 0 Å². The van der Waals surface area contributed by atoms with Crippen LogP contribution < -0.4 is 5.32 Å². The molecule has 0 aliphatic heterocycles. The van der Waals surface area contributed by atoms with E-state index in [1.807, 2.05) is 31.2 Å². The van der Waals surface area contributed by atoms with Gasteiger partial charge in [-0.15, -0.1) is 0 Å². The molecule has 1 aromatic heterocycles. The Hall–Kier alpha value is -1.47. The first-order chi connectivity index (χ1) is 10.5. The second-order valence-corrected chi connectivity index (χ2v) is 6.28. The molecule has 0 radical (unpaired) electrons. The van der Waals surface area contributed by atoms with E-state index in [9.17, 15) is 13.6 Å². The van der Waals surface area contributed by atoms with Crippen molar-refractivity contribution in [3.8, 4) is 0 Å². The van der Waals surface area contributed by atoms with Crippen LogP contribution in [0.25, 0.3) is 0 Å². The molecule has 0 saturated carbocycles. The predicted molar refractivity (Wildman–Crippen MR) is 86.1 cm³/mol. The van der Waals surface area contributed by atoms with Crippen LogP contribution in [0, 0.1) is 0 Å². The Bertz CT molecular complexity index is 669. The van der Waals surface area contributed by atoms with E-state index in [-0.39, 0.29) is 28.4 Å². The number of carbonyl (C=O) groups excluding carboxylic acids is 1. The third-order valence-corrected chi connectivity index (χ3v) is 4.38. The van der Waals surface area contributed by atoms with E-state index in [1.165, 1.54) is 12.3 Å². The molecule has 1 heterocycles. The van der Waals surface area contributed by atoms with Crippen LogP contribution in [0.5, 0.6) is 0 Å². The van der Waals surface area contributed by atoms with Gasteiger partial charge in [0.05, 0.1) is 11.6 Å². The summed E-state index contributed by atoms with van der Waals surface area (Å²) >= 11 is 3.69. The number of alkyl halides is 2. The Morgan fingerprint density at radius 3 is 2.68 bits per heavy atom. The SMILES string of the molecule is CC(NC(=O)c1cccnc1SC(F)F)c1ccccc1Br. The van der Waals surface area contributed by atoms with Crippen molar-refractivity contribution < 1.29 is 13.6 Å². The van der Waals surface area contributed by atoms with Gasteiger partial charge < -0.3 is 5.32 Å².